The van der Waals surface area contributed by atoms with Crippen molar-refractivity contribution in [2.24, 2.45) is 10.7 Å². The van der Waals surface area contributed by atoms with Gasteiger partial charge in [-0.25, -0.2) is 9.98 Å². The summed E-state index contributed by atoms with van der Waals surface area (Å²) in [5, 5.41) is 7.21. The first-order chi connectivity index (χ1) is 11.7. The molecule has 0 saturated carbocycles. The molecule has 1 fully saturated rings. The van der Waals surface area contributed by atoms with Crippen molar-refractivity contribution in [3.63, 3.8) is 0 Å². The van der Waals surface area contributed by atoms with Crippen molar-refractivity contribution in [2.45, 2.75) is 33.2 Å². The van der Waals surface area contributed by atoms with Crippen molar-refractivity contribution in [1.29, 1.82) is 0 Å². The second kappa shape index (κ2) is 9.37. The fraction of sp³-hybridized carbons (Fsp3) is 0.562. The number of anilines is 1. The minimum atomic E-state index is 0. The highest BCUT2D eigenvalue weighted by Gasteiger charge is 2.20. The lowest BCUT2D eigenvalue weighted by Crippen LogP contribution is -2.51. The van der Waals surface area contributed by atoms with E-state index in [2.05, 4.69) is 38.8 Å². The number of nitrogens with two attached hydrogens (primary N) is 1. The zero-order valence-corrected chi connectivity index (χ0v) is 17.8. The molecule has 3 rings (SSSR count). The number of piperazine rings is 1. The van der Waals surface area contributed by atoms with Crippen LogP contribution in [0.2, 0.25) is 0 Å². The van der Waals surface area contributed by atoms with Crippen molar-refractivity contribution in [3.05, 3.63) is 28.6 Å². The standard InChI is InChI=1S/C16H24N6OS.HI/c1-3-13-12(14(4-2)23-20-13)11-19-15(17)21-6-8-22(9-7-21)16-18-5-10-24-16;/h5,10H,3-4,6-9,11H2,1-2H3,(H2,17,19);1H. The molecule has 7 nitrogen and oxygen atoms in total. The van der Waals surface area contributed by atoms with Crippen molar-refractivity contribution in [2.75, 3.05) is 31.1 Å². The first-order valence-electron chi connectivity index (χ1n) is 8.38. The Kier molecular flexibility index (Phi) is 7.48. The van der Waals surface area contributed by atoms with Gasteiger partial charge in [-0.2, -0.15) is 0 Å². The maximum atomic E-state index is 6.21. The van der Waals surface area contributed by atoms with Gasteiger partial charge in [-0.3, -0.25) is 0 Å². The Labute approximate surface area is 169 Å². The molecule has 25 heavy (non-hydrogen) atoms. The monoisotopic (exact) mass is 476 g/mol. The number of hydrogen-bond acceptors (Lipinski definition) is 6. The molecule has 2 N–H and O–H groups in total. The molecule has 0 atom stereocenters. The second-order valence-electron chi connectivity index (χ2n) is 5.70. The van der Waals surface area contributed by atoms with Crippen LogP contribution in [0.3, 0.4) is 0 Å². The van der Waals surface area contributed by atoms with Crippen LogP contribution in [0.1, 0.15) is 30.9 Å². The summed E-state index contributed by atoms with van der Waals surface area (Å²) in [6.07, 6.45) is 3.52. The first kappa shape index (κ1) is 20.0. The third-order valence-electron chi connectivity index (χ3n) is 4.30. The Morgan fingerprint density at radius 1 is 1.28 bits per heavy atom. The molecule has 0 aliphatic carbocycles. The van der Waals surface area contributed by atoms with Gasteiger partial charge in [0.25, 0.3) is 0 Å². The molecule has 2 aromatic rings. The van der Waals surface area contributed by atoms with Crippen LogP contribution >= 0.6 is 35.3 Å². The van der Waals surface area contributed by atoms with E-state index in [1.165, 1.54) is 0 Å². The maximum Gasteiger partial charge on any atom is 0.191 e. The van der Waals surface area contributed by atoms with E-state index in [4.69, 9.17) is 10.3 Å². The summed E-state index contributed by atoms with van der Waals surface area (Å²) in [6.45, 7) is 8.23. The Morgan fingerprint density at radius 3 is 2.64 bits per heavy atom. The Balaban J connectivity index is 0.00000225. The summed E-state index contributed by atoms with van der Waals surface area (Å²) in [5.41, 5.74) is 8.28. The summed E-state index contributed by atoms with van der Waals surface area (Å²) in [5.74, 6) is 1.51. The van der Waals surface area contributed by atoms with E-state index in [1.54, 1.807) is 11.3 Å². The van der Waals surface area contributed by atoms with Crippen LogP contribution in [0, 0.1) is 0 Å². The second-order valence-corrected chi connectivity index (χ2v) is 6.57. The lowest BCUT2D eigenvalue weighted by atomic mass is 10.1. The lowest BCUT2D eigenvalue weighted by molar-refractivity contribution is 0.378. The molecule has 1 aliphatic heterocycles. The number of nitrogens with zero attached hydrogens (tertiary/aromatic N) is 5. The molecule has 0 aromatic carbocycles. The maximum absolute atomic E-state index is 6.21. The average molecular weight is 476 g/mol. The van der Waals surface area contributed by atoms with Crippen LogP contribution in [0.5, 0.6) is 0 Å². The van der Waals surface area contributed by atoms with E-state index in [9.17, 15) is 0 Å². The zero-order valence-electron chi connectivity index (χ0n) is 14.6. The molecule has 138 valence electrons. The van der Waals surface area contributed by atoms with Gasteiger partial charge in [0, 0.05) is 49.7 Å². The predicted molar refractivity (Wildman–Crippen MR) is 112 cm³/mol. The topological polar surface area (TPSA) is 83.8 Å². The van der Waals surface area contributed by atoms with E-state index in [0.29, 0.717) is 12.5 Å². The van der Waals surface area contributed by atoms with Crippen LogP contribution in [0.25, 0.3) is 0 Å². The number of aryl methyl sites for hydroxylation is 2. The summed E-state index contributed by atoms with van der Waals surface area (Å²) in [7, 11) is 0. The van der Waals surface area contributed by atoms with Crippen molar-refractivity contribution in [3.8, 4) is 0 Å². The summed E-state index contributed by atoms with van der Waals surface area (Å²) in [4.78, 5) is 13.4. The highest BCUT2D eigenvalue weighted by molar-refractivity contribution is 14.0. The molecule has 1 aliphatic rings. The SMILES string of the molecule is CCc1noc(CC)c1CN=C(N)N1CCN(c2nccs2)CC1.I. The number of guanidine groups is 1. The summed E-state index contributed by atoms with van der Waals surface area (Å²) in [6, 6.07) is 0. The summed E-state index contributed by atoms with van der Waals surface area (Å²) < 4.78 is 5.38. The predicted octanol–water partition coefficient (Wildman–Crippen LogP) is 2.51. The van der Waals surface area contributed by atoms with Gasteiger partial charge in [-0.05, 0) is 6.42 Å². The summed E-state index contributed by atoms with van der Waals surface area (Å²) >= 11 is 1.67. The van der Waals surface area contributed by atoms with Gasteiger partial charge < -0.3 is 20.1 Å². The van der Waals surface area contributed by atoms with Crippen molar-refractivity contribution >= 4 is 46.4 Å². The number of aromatic nitrogens is 2. The average Bonchev–Trinajstić information content (AvgIpc) is 3.29. The molecule has 0 bridgehead atoms. The van der Waals surface area contributed by atoms with E-state index >= 15 is 0 Å². The Hall–Kier alpha value is -1.36. The first-order valence-corrected chi connectivity index (χ1v) is 9.26. The van der Waals surface area contributed by atoms with E-state index < -0.39 is 0 Å². The van der Waals surface area contributed by atoms with Crippen LogP contribution in [0.15, 0.2) is 21.1 Å². The molecular formula is C16H25IN6OS. The highest BCUT2D eigenvalue weighted by atomic mass is 127. The number of aliphatic imine (C=N–C) groups is 1. The molecule has 3 heterocycles. The number of hydrogen-bond donors (Lipinski definition) is 1. The minimum Gasteiger partial charge on any atom is -0.370 e. The van der Waals surface area contributed by atoms with Crippen molar-refractivity contribution in [1.82, 2.24) is 15.0 Å². The van der Waals surface area contributed by atoms with E-state index in [-0.39, 0.29) is 24.0 Å². The molecule has 0 unspecified atom stereocenters. The van der Waals surface area contributed by atoms with Crippen LogP contribution < -0.4 is 10.6 Å². The normalized spacial score (nSPS) is 15.4. The fourth-order valence-corrected chi connectivity index (χ4v) is 3.57. The van der Waals surface area contributed by atoms with Gasteiger partial charge in [0.1, 0.15) is 5.76 Å². The van der Waals surface area contributed by atoms with E-state index in [1.807, 2.05) is 11.6 Å². The van der Waals surface area contributed by atoms with Crippen LogP contribution in [-0.2, 0) is 19.4 Å². The van der Waals surface area contributed by atoms with E-state index in [0.717, 1.165) is 61.2 Å². The number of halogens is 1. The molecule has 2 aromatic heterocycles. The highest BCUT2D eigenvalue weighted by Crippen LogP contribution is 2.19. The Bertz CT molecular complexity index is 657. The fourth-order valence-electron chi connectivity index (χ4n) is 2.88. The van der Waals surface area contributed by atoms with Gasteiger partial charge in [0.15, 0.2) is 11.1 Å². The number of thiazole rings is 1. The quantitative estimate of drug-likeness (QED) is 0.406. The lowest BCUT2D eigenvalue weighted by Gasteiger charge is -2.35. The smallest absolute Gasteiger partial charge is 0.191 e. The zero-order chi connectivity index (χ0) is 16.9. The molecule has 1 saturated heterocycles. The van der Waals surface area contributed by atoms with Gasteiger partial charge in [0.2, 0.25) is 0 Å². The van der Waals surface area contributed by atoms with Gasteiger partial charge in [0.05, 0.1) is 12.2 Å². The minimum absolute atomic E-state index is 0. The molecule has 0 radical (unpaired) electrons. The Morgan fingerprint density at radius 2 is 2.04 bits per heavy atom. The largest absolute Gasteiger partial charge is 0.370 e. The van der Waals surface area contributed by atoms with Gasteiger partial charge >= 0.3 is 0 Å². The van der Waals surface area contributed by atoms with Gasteiger partial charge in [-0.15, -0.1) is 35.3 Å². The third-order valence-corrected chi connectivity index (χ3v) is 5.13. The molecule has 0 amide bonds. The van der Waals surface area contributed by atoms with Crippen molar-refractivity contribution < 1.29 is 4.52 Å². The number of rotatable bonds is 5. The third kappa shape index (κ3) is 4.63. The molecule has 9 heteroatoms. The molecule has 0 spiro atoms. The van der Waals surface area contributed by atoms with Gasteiger partial charge in [-0.1, -0.05) is 19.0 Å². The molecular weight excluding hydrogens is 451 g/mol. The van der Waals surface area contributed by atoms with Crippen LogP contribution in [0.4, 0.5) is 5.13 Å². The van der Waals surface area contributed by atoms with Crippen LogP contribution in [-0.4, -0.2) is 47.2 Å².